The van der Waals surface area contributed by atoms with Gasteiger partial charge in [0, 0.05) is 37.6 Å². The quantitative estimate of drug-likeness (QED) is 0.316. The molecule has 3 unspecified atom stereocenters. The SMILES string of the molecule is CCCNC(=O)[C@H]1[C@@H]2OC3(CC2Br)C(C(=O)NCCN2CCOCC2)N([C@@H](CC)CO)C(=O)[C@H]13. The number of fused-ring (bicyclic) bond motifs is 1. The third-order valence-electron chi connectivity index (χ3n) is 7.73. The molecular formula is C23H37BrN4O6. The van der Waals surface area contributed by atoms with E-state index in [4.69, 9.17) is 9.47 Å². The highest BCUT2D eigenvalue weighted by Crippen LogP contribution is 2.60. The maximum atomic E-state index is 13.8. The Morgan fingerprint density at radius 1 is 1.21 bits per heavy atom. The molecule has 7 atom stereocenters. The van der Waals surface area contributed by atoms with Gasteiger partial charge >= 0.3 is 0 Å². The summed E-state index contributed by atoms with van der Waals surface area (Å²) in [4.78, 5) is 44.2. The van der Waals surface area contributed by atoms with Crippen LogP contribution in [0.15, 0.2) is 0 Å². The van der Waals surface area contributed by atoms with Gasteiger partial charge in [-0.3, -0.25) is 19.3 Å². The first-order valence-corrected chi connectivity index (χ1v) is 13.4. The molecule has 4 heterocycles. The maximum absolute atomic E-state index is 13.8. The predicted molar refractivity (Wildman–Crippen MR) is 127 cm³/mol. The number of halogens is 1. The minimum absolute atomic E-state index is 0.133. The van der Waals surface area contributed by atoms with Crippen molar-refractivity contribution in [1.82, 2.24) is 20.4 Å². The highest BCUT2D eigenvalue weighted by Gasteiger charge is 2.76. The summed E-state index contributed by atoms with van der Waals surface area (Å²) in [6, 6.07) is -1.40. The van der Waals surface area contributed by atoms with Gasteiger partial charge in [-0.2, -0.15) is 0 Å². The van der Waals surface area contributed by atoms with E-state index in [0.717, 1.165) is 19.5 Å². The fourth-order valence-corrected chi connectivity index (χ4v) is 7.04. The van der Waals surface area contributed by atoms with Gasteiger partial charge in [0.25, 0.3) is 0 Å². The van der Waals surface area contributed by atoms with Crippen LogP contribution in [-0.2, 0) is 23.9 Å². The van der Waals surface area contributed by atoms with Gasteiger partial charge < -0.3 is 30.1 Å². The van der Waals surface area contributed by atoms with Crippen molar-refractivity contribution in [3.05, 3.63) is 0 Å². The molecule has 3 N–H and O–H groups in total. The number of aliphatic hydroxyl groups is 1. The van der Waals surface area contributed by atoms with Crippen molar-refractivity contribution in [2.75, 3.05) is 52.5 Å². The lowest BCUT2D eigenvalue weighted by Crippen LogP contribution is -2.58. The third-order valence-corrected chi connectivity index (χ3v) is 8.58. The average molecular weight is 545 g/mol. The van der Waals surface area contributed by atoms with Crippen molar-refractivity contribution >= 4 is 33.7 Å². The van der Waals surface area contributed by atoms with Gasteiger partial charge in [0.05, 0.1) is 43.8 Å². The molecule has 0 saturated carbocycles. The molecule has 0 aromatic heterocycles. The van der Waals surface area contributed by atoms with E-state index in [1.807, 2.05) is 13.8 Å². The Kier molecular flexibility index (Phi) is 8.18. The summed E-state index contributed by atoms with van der Waals surface area (Å²) in [5, 5.41) is 16.0. The maximum Gasteiger partial charge on any atom is 0.245 e. The van der Waals surface area contributed by atoms with Crippen molar-refractivity contribution in [3.8, 4) is 0 Å². The van der Waals surface area contributed by atoms with Crippen molar-refractivity contribution in [2.45, 2.75) is 61.7 Å². The Hall–Kier alpha value is -1.27. The minimum Gasteiger partial charge on any atom is -0.394 e. The van der Waals surface area contributed by atoms with Crippen LogP contribution in [0.4, 0.5) is 0 Å². The lowest BCUT2D eigenvalue weighted by atomic mass is 9.70. The zero-order chi connectivity index (χ0) is 24.5. The fraction of sp³-hybridized carbons (Fsp3) is 0.870. The molecule has 4 aliphatic rings. The number of amides is 3. The number of hydrogen-bond acceptors (Lipinski definition) is 7. The van der Waals surface area contributed by atoms with Crippen LogP contribution < -0.4 is 10.6 Å². The van der Waals surface area contributed by atoms with Gasteiger partial charge in [0.2, 0.25) is 17.7 Å². The number of aliphatic hydroxyl groups excluding tert-OH is 1. The number of ether oxygens (including phenoxy) is 2. The third kappa shape index (κ3) is 4.38. The van der Waals surface area contributed by atoms with E-state index in [1.165, 1.54) is 4.90 Å². The zero-order valence-corrected chi connectivity index (χ0v) is 21.6. The molecule has 4 saturated heterocycles. The predicted octanol–water partition coefficient (Wildman–Crippen LogP) is -0.520. The number of carbonyl (C=O) groups is 3. The number of carbonyl (C=O) groups excluding carboxylic acids is 3. The summed E-state index contributed by atoms with van der Waals surface area (Å²) >= 11 is 3.66. The van der Waals surface area contributed by atoms with Gasteiger partial charge in [-0.1, -0.05) is 29.8 Å². The van der Waals surface area contributed by atoms with Gasteiger partial charge in [0.15, 0.2) is 0 Å². The summed E-state index contributed by atoms with van der Waals surface area (Å²) in [5.74, 6) is -2.17. The first-order chi connectivity index (χ1) is 16.4. The number of nitrogens with zero attached hydrogens (tertiary/aromatic N) is 2. The smallest absolute Gasteiger partial charge is 0.245 e. The van der Waals surface area contributed by atoms with Crippen LogP contribution >= 0.6 is 15.9 Å². The molecule has 11 heteroatoms. The summed E-state index contributed by atoms with van der Waals surface area (Å²) in [5.41, 5.74) is -1.09. The van der Waals surface area contributed by atoms with Crippen LogP contribution in [0, 0.1) is 11.8 Å². The van der Waals surface area contributed by atoms with Gasteiger partial charge in [-0.15, -0.1) is 0 Å². The molecule has 4 aliphatic heterocycles. The summed E-state index contributed by atoms with van der Waals surface area (Å²) in [6.07, 6.45) is 1.28. The van der Waals surface area contributed by atoms with E-state index in [-0.39, 0.29) is 29.2 Å². The Labute approximate surface area is 209 Å². The Bertz CT molecular complexity index is 777. The number of rotatable bonds is 10. The van der Waals surface area contributed by atoms with E-state index in [2.05, 4.69) is 31.5 Å². The second kappa shape index (κ2) is 10.8. The summed E-state index contributed by atoms with van der Waals surface area (Å²) < 4.78 is 11.8. The average Bonchev–Trinajstić information content (AvgIpc) is 3.43. The van der Waals surface area contributed by atoms with Crippen LogP contribution in [0.2, 0.25) is 0 Å². The molecule has 4 rings (SSSR count). The van der Waals surface area contributed by atoms with Crippen molar-refractivity contribution in [1.29, 1.82) is 0 Å². The second-order valence-corrected chi connectivity index (χ2v) is 10.9. The minimum atomic E-state index is -1.09. The van der Waals surface area contributed by atoms with Crippen LogP contribution in [0.5, 0.6) is 0 Å². The molecule has 1 spiro atoms. The van der Waals surface area contributed by atoms with Gasteiger partial charge in [0.1, 0.15) is 11.6 Å². The first-order valence-electron chi connectivity index (χ1n) is 12.5. The molecule has 0 radical (unpaired) electrons. The summed E-state index contributed by atoms with van der Waals surface area (Å²) in [7, 11) is 0. The van der Waals surface area contributed by atoms with E-state index < -0.39 is 35.6 Å². The Morgan fingerprint density at radius 2 is 1.91 bits per heavy atom. The number of alkyl halides is 1. The zero-order valence-electron chi connectivity index (χ0n) is 20.0. The van der Waals surface area contributed by atoms with E-state index >= 15 is 0 Å². The van der Waals surface area contributed by atoms with E-state index in [9.17, 15) is 19.5 Å². The molecule has 2 bridgehead atoms. The van der Waals surface area contributed by atoms with Gasteiger partial charge in [-0.25, -0.2) is 0 Å². The topological polar surface area (TPSA) is 120 Å². The summed E-state index contributed by atoms with van der Waals surface area (Å²) in [6.45, 7) is 8.26. The molecule has 0 aromatic rings. The van der Waals surface area contributed by atoms with E-state index in [1.54, 1.807) is 0 Å². The lowest BCUT2D eigenvalue weighted by Gasteiger charge is -2.36. The van der Waals surface area contributed by atoms with Crippen LogP contribution in [0.1, 0.15) is 33.1 Å². The van der Waals surface area contributed by atoms with Crippen molar-refractivity contribution in [2.24, 2.45) is 11.8 Å². The highest BCUT2D eigenvalue weighted by molar-refractivity contribution is 9.09. The van der Waals surface area contributed by atoms with E-state index in [0.29, 0.717) is 45.7 Å². The molecule has 10 nitrogen and oxygen atoms in total. The Balaban J connectivity index is 1.58. The fourth-order valence-electron chi connectivity index (χ4n) is 6.10. The highest BCUT2D eigenvalue weighted by atomic mass is 79.9. The second-order valence-electron chi connectivity index (χ2n) is 9.69. The Morgan fingerprint density at radius 3 is 2.56 bits per heavy atom. The monoisotopic (exact) mass is 544 g/mol. The van der Waals surface area contributed by atoms with Crippen LogP contribution in [0.25, 0.3) is 0 Å². The molecule has 4 fully saturated rings. The number of morpholine rings is 1. The normalized spacial score (nSPS) is 35.9. The molecule has 192 valence electrons. The number of likely N-dealkylation sites (tertiary alicyclic amines) is 1. The number of nitrogens with one attached hydrogen (secondary N) is 2. The largest absolute Gasteiger partial charge is 0.394 e. The molecule has 3 amide bonds. The standard InChI is InChI=1S/C23H37BrN4O6/c1-3-5-25-20(30)16-17-22(32)28(14(4-2)13-29)19(23(17)12-15(24)18(16)34-23)21(31)26-6-7-27-8-10-33-11-9-27/h14-19,29H,3-13H2,1-2H3,(H,25,30)(H,26,31)/t14-,15?,16+,17-,18+,19?,23?/m0/s1. The number of hydrogen-bond donors (Lipinski definition) is 3. The first kappa shape index (κ1) is 25.8. The lowest BCUT2D eigenvalue weighted by molar-refractivity contribution is -0.145. The van der Waals surface area contributed by atoms with Crippen LogP contribution in [-0.4, -0.2) is 114 Å². The van der Waals surface area contributed by atoms with Gasteiger partial charge in [-0.05, 0) is 19.3 Å². The molecule has 34 heavy (non-hydrogen) atoms. The van der Waals surface area contributed by atoms with Crippen molar-refractivity contribution in [3.63, 3.8) is 0 Å². The molecular weight excluding hydrogens is 508 g/mol. The molecule has 0 aromatic carbocycles. The molecule has 0 aliphatic carbocycles. The van der Waals surface area contributed by atoms with Crippen LogP contribution in [0.3, 0.4) is 0 Å². The van der Waals surface area contributed by atoms with Crippen molar-refractivity contribution < 1.29 is 29.0 Å².